The van der Waals surface area contributed by atoms with E-state index >= 15 is 0 Å². The highest BCUT2D eigenvalue weighted by Crippen LogP contribution is 2.42. The molecular weight excluding hydrogens is 226 g/mol. The standard InChI is InChI=1S/C15H29NS/c1-2-5-12-8-9-13(11-16)15(10-12)17-14-6-3-4-7-14/h12-15H,2-11,16H2,1H3. The fourth-order valence-electron chi connectivity index (χ4n) is 3.65. The highest BCUT2D eigenvalue weighted by atomic mass is 32.2. The van der Waals surface area contributed by atoms with Gasteiger partial charge in [-0.15, -0.1) is 0 Å². The van der Waals surface area contributed by atoms with Gasteiger partial charge in [0.05, 0.1) is 0 Å². The topological polar surface area (TPSA) is 26.0 Å². The minimum absolute atomic E-state index is 0.814. The van der Waals surface area contributed by atoms with Gasteiger partial charge in [0, 0.05) is 10.5 Å². The Morgan fingerprint density at radius 3 is 2.53 bits per heavy atom. The lowest BCUT2D eigenvalue weighted by Gasteiger charge is -2.36. The van der Waals surface area contributed by atoms with Gasteiger partial charge >= 0.3 is 0 Å². The van der Waals surface area contributed by atoms with E-state index in [1.165, 1.54) is 57.8 Å². The molecule has 2 heteroatoms. The summed E-state index contributed by atoms with van der Waals surface area (Å²) in [5.41, 5.74) is 5.97. The maximum Gasteiger partial charge on any atom is 0.00927 e. The van der Waals surface area contributed by atoms with E-state index in [4.69, 9.17) is 5.73 Å². The maximum absolute atomic E-state index is 5.97. The van der Waals surface area contributed by atoms with Crippen LogP contribution in [-0.2, 0) is 0 Å². The first-order valence-corrected chi connectivity index (χ1v) is 8.63. The van der Waals surface area contributed by atoms with E-state index in [9.17, 15) is 0 Å². The second kappa shape index (κ2) is 7.04. The first-order valence-electron chi connectivity index (χ1n) is 7.69. The summed E-state index contributed by atoms with van der Waals surface area (Å²) < 4.78 is 0. The van der Waals surface area contributed by atoms with Crippen LogP contribution in [0.15, 0.2) is 0 Å². The Hall–Kier alpha value is 0.310. The molecule has 0 aliphatic heterocycles. The van der Waals surface area contributed by atoms with Crippen molar-refractivity contribution >= 4 is 11.8 Å². The van der Waals surface area contributed by atoms with Crippen LogP contribution in [0.25, 0.3) is 0 Å². The van der Waals surface area contributed by atoms with Gasteiger partial charge in [0.25, 0.3) is 0 Å². The molecule has 3 unspecified atom stereocenters. The van der Waals surface area contributed by atoms with Crippen molar-refractivity contribution in [2.24, 2.45) is 17.6 Å². The van der Waals surface area contributed by atoms with E-state index in [0.717, 1.165) is 28.9 Å². The third-order valence-electron chi connectivity index (χ3n) is 4.71. The lowest BCUT2D eigenvalue weighted by atomic mass is 9.80. The van der Waals surface area contributed by atoms with Crippen molar-refractivity contribution in [1.29, 1.82) is 0 Å². The molecule has 0 spiro atoms. The molecule has 0 bridgehead atoms. The van der Waals surface area contributed by atoms with Gasteiger partial charge in [-0.1, -0.05) is 39.0 Å². The van der Waals surface area contributed by atoms with Gasteiger partial charge in [0.1, 0.15) is 0 Å². The number of nitrogens with two attached hydrogens (primary N) is 1. The molecule has 0 radical (unpaired) electrons. The second-order valence-corrected chi connectivity index (χ2v) is 7.59. The van der Waals surface area contributed by atoms with E-state index in [1.54, 1.807) is 0 Å². The summed E-state index contributed by atoms with van der Waals surface area (Å²) in [4.78, 5) is 0. The molecule has 100 valence electrons. The molecule has 2 saturated carbocycles. The number of hydrogen-bond acceptors (Lipinski definition) is 2. The Balaban J connectivity index is 1.85. The van der Waals surface area contributed by atoms with Crippen LogP contribution >= 0.6 is 11.8 Å². The summed E-state index contributed by atoms with van der Waals surface area (Å²) in [6, 6.07) is 0. The van der Waals surface area contributed by atoms with E-state index in [0.29, 0.717) is 0 Å². The molecule has 0 aromatic carbocycles. The Morgan fingerprint density at radius 1 is 1.12 bits per heavy atom. The normalized spacial score (nSPS) is 35.3. The quantitative estimate of drug-likeness (QED) is 0.796. The lowest BCUT2D eigenvalue weighted by Crippen LogP contribution is -2.33. The summed E-state index contributed by atoms with van der Waals surface area (Å²) in [6.45, 7) is 3.25. The Labute approximate surface area is 111 Å². The van der Waals surface area contributed by atoms with Crippen molar-refractivity contribution < 1.29 is 0 Å². The van der Waals surface area contributed by atoms with Crippen LogP contribution in [0.1, 0.15) is 64.7 Å². The van der Waals surface area contributed by atoms with Crippen LogP contribution in [-0.4, -0.2) is 17.0 Å². The van der Waals surface area contributed by atoms with E-state index < -0.39 is 0 Å². The van der Waals surface area contributed by atoms with Crippen molar-refractivity contribution in [3.63, 3.8) is 0 Å². The second-order valence-electron chi connectivity index (χ2n) is 6.04. The minimum Gasteiger partial charge on any atom is -0.330 e. The van der Waals surface area contributed by atoms with Crippen LogP contribution in [0.2, 0.25) is 0 Å². The van der Waals surface area contributed by atoms with Crippen molar-refractivity contribution in [3.8, 4) is 0 Å². The fraction of sp³-hybridized carbons (Fsp3) is 1.00. The highest BCUT2D eigenvalue weighted by molar-refractivity contribution is 8.00. The van der Waals surface area contributed by atoms with Gasteiger partial charge in [-0.25, -0.2) is 0 Å². The monoisotopic (exact) mass is 255 g/mol. The molecule has 2 fully saturated rings. The first kappa shape index (κ1) is 13.7. The molecule has 2 aliphatic carbocycles. The molecule has 0 heterocycles. The zero-order valence-corrected chi connectivity index (χ0v) is 12.2. The molecule has 0 amide bonds. The van der Waals surface area contributed by atoms with Crippen LogP contribution in [0.5, 0.6) is 0 Å². The molecule has 3 atom stereocenters. The number of hydrogen-bond donors (Lipinski definition) is 1. The Bertz CT molecular complexity index is 213. The zero-order valence-electron chi connectivity index (χ0n) is 11.4. The molecule has 2 rings (SSSR count). The van der Waals surface area contributed by atoms with Crippen molar-refractivity contribution in [2.75, 3.05) is 6.54 Å². The van der Waals surface area contributed by atoms with Crippen molar-refractivity contribution in [3.05, 3.63) is 0 Å². The molecule has 0 aromatic heterocycles. The van der Waals surface area contributed by atoms with Gasteiger partial charge in [0.2, 0.25) is 0 Å². The minimum atomic E-state index is 0.814. The molecule has 2 N–H and O–H groups in total. The SMILES string of the molecule is CCCC1CCC(CN)C(SC2CCCC2)C1. The third-order valence-corrected chi connectivity index (χ3v) is 6.49. The van der Waals surface area contributed by atoms with E-state index in [1.807, 2.05) is 0 Å². The van der Waals surface area contributed by atoms with Crippen LogP contribution < -0.4 is 5.73 Å². The third kappa shape index (κ3) is 3.89. The molecule has 1 nitrogen and oxygen atoms in total. The summed E-state index contributed by atoms with van der Waals surface area (Å²) >= 11 is 2.31. The summed E-state index contributed by atoms with van der Waals surface area (Å²) in [7, 11) is 0. The van der Waals surface area contributed by atoms with E-state index in [-0.39, 0.29) is 0 Å². The van der Waals surface area contributed by atoms with Crippen LogP contribution in [0.3, 0.4) is 0 Å². The maximum atomic E-state index is 5.97. The predicted octanol–water partition coefficient (Wildman–Crippen LogP) is 4.21. The summed E-state index contributed by atoms with van der Waals surface area (Å²) in [5.74, 6) is 1.82. The fourth-order valence-corrected chi connectivity index (χ4v) is 5.61. The predicted molar refractivity (Wildman–Crippen MR) is 78.4 cm³/mol. The number of thioether (sulfide) groups is 1. The molecule has 2 aliphatic rings. The lowest BCUT2D eigenvalue weighted by molar-refractivity contribution is 0.275. The van der Waals surface area contributed by atoms with Crippen molar-refractivity contribution in [1.82, 2.24) is 0 Å². The molecular formula is C15H29NS. The summed E-state index contributed by atoms with van der Waals surface area (Å²) in [6.07, 6.45) is 13.0. The first-order chi connectivity index (χ1) is 8.33. The van der Waals surface area contributed by atoms with Gasteiger partial charge in [-0.3, -0.25) is 0 Å². The van der Waals surface area contributed by atoms with Gasteiger partial charge in [0.15, 0.2) is 0 Å². The van der Waals surface area contributed by atoms with Crippen LogP contribution in [0, 0.1) is 11.8 Å². The van der Waals surface area contributed by atoms with Gasteiger partial charge in [-0.2, -0.15) is 11.8 Å². The Kier molecular flexibility index (Phi) is 5.68. The number of rotatable bonds is 5. The van der Waals surface area contributed by atoms with Gasteiger partial charge in [-0.05, 0) is 44.1 Å². The average Bonchev–Trinajstić information content (AvgIpc) is 2.83. The molecule has 17 heavy (non-hydrogen) atoms. The van der Waals surface area contributed by atoms with Crippen molar-refractivity contribution in [2.45, 2.75) is 75.2 Å². The van der Waals surface area contributed by atoms with Gasteiger partial charge < -0.3 is 5.73 Å². The molecule has 0 aromatic rings. The van der Waals surface area contributed by atoms with E-state index in [2.05, 4.69) is 18.7 Å². The summed E-state index contributed by atoms with van der Waals surface area (Å²) in [5, 5.41) is 1.85. The molecule has 0 saturated heterocycles. The zero-order chi connectivity index (χ0) is 12.1. The average molecular weight is 255 g/mol. The Morgan fingerprint density at radius 2 is 1.88 bits per heavy atom. The smallest absolute Gasteiger partial charge is 0.00927 e. The largest absolute Gasteiger partial charge is 0.330 e. The highest BCUT2D eigenvalue weighted by Gasteiger charge is 2.32. The van der Waals surface area contributed by atoms with Crippen LogP contribution in [0.4, 0.5) is 0 Å².